The smallest absolute Gasteiger partial charge is 0.147 e. The molecule has 1 aromatic rings. The highest BCUT2D eigenvalue weighted by Crippen LogP contribution is 2.35. The molecule has 0 amide bonds. The van der Waals surface area contributed by atoms with Gasteiger partial charge in [-0.1, -0.05) is 6.92 Å². The van der Waals surface area contributed by atoms with Crippen molar-refractivity contribution in [3.8, 4) is 5.75 Å². The molecule has 2 atom stereocenters. The zero-order valence-electron chi connectivity index (χ0n) is 10.1. The maximum atomic E-state index is 5.56. The van der Waals surface area contributed by atoms with Crippen molar-refractivity contribution < 1.29 is 4.74 Å². The second-order valence-electron chi connectivity index (χ2n) is 4.52. The Morgan fingerprint density at radius 2 is 1.94 bits per heavy atom. The van der Waals surface area contributed by atoms with Crippen LogP contribution in [-0.4, -0.2) is 12.6 Å². The molecule has 0 spiro atoms. The van der Waals surface area contributed by atoms with Crippen LogP contribution in [0.5, 0.6) is 5.75 Å². The molecule has 1 aliphatic rings. The molecule has 94 valence electrons. The summed E-state index contributed by atoms with van der Waals surface area (Å²) >= 11 is 7.10. The van der Waals surface area contributed by atoms with E-state index in [1.807, 2.05) is 6.92 Å². The molecule has 0 saturated heterocycles. The minimum atomic E-state index is 0.675. The van der Waals surface area contributed by atoms with Crippen LogP contribution in [0.15, 0.2) is 21.1 Å². The molecule has 2 unspecified atom stereocenters. The van der Waals surface area contributed by atoms with Crippen LogP contribution in [0.25, 0.3) is 0 Å². The van der Waals surface area contributed by atoms with Crippen LogP contribution in [0.4, 0.5) is 0 Å². The van der Waals surface area contributed by atoms with Gasteiger partial charge in [-0.15, -0.1) is 0 Å². The van der Waals surface area contributed by atoms with E-state index in [9.17, 15) is 0 Å². The first-order chi connectivity index (χ1) is 8.11. The Morgan fingerprint density at radius 3 is 2.41 bits per heavy atom. The molecule has 2 rings (SSSR count). The largest absolute Gasteiger partial charge is 0.492 e. The summed E-state index contributed by atoms with van der Waals surface area (Å²) in [5, 5.41) is 3.55. The number of hydrogen-bond donors (Lipinski definition) is 1. The van der Waals surface area contributed by atoms with E-state index in [0.717, 1.165) is 27.2 Å². The van der Waals surface area contributed by atoms with Gasteiger partial charge in [0.2, 0.25) is 0 Å². The van der Waals surface area contributed by atoms with Crippen LogP contribution < -0.4 is 10.1 Å². The standard InChI is InChI=1S/C13H17Br2NO/c1-3-17-13-10(14)5-9(6-11(13)15)7-16-12-4-8(12)2/h5-6,8,12,16H,3-4,7H2,1-2H3. The average Bonchev–Trinajstić information content (AvgIpc) is 2.97. The lowest BCUT2D eigenvalue weighted by Gasteiger charge is -2.11. The van der Waals surface area contributed by atoms with Crippen molar-refractivity contribution in [1.29, 1.82) is 0 Å². The lowest BCUT2D eigenvalue weighted by molar-refractivity contribution is 0.336. The van der Waals surface area contributed by atoms with Gasteiger partial charge >= 0.3 is 0 Å². The molecule has 2 nitrogen and oxygen atoms in total. The number of nitrogens with one attached hydrogen (secondary N) is 1. The monoisotopic (exact) mass is 361 g/mol. The number of benzene rings is 1. The van der Waals surface area contributed by atoms with E-state index in [-0.39, 0.29) is 0 Å². The van der Waals surface area contributed by atoms with Gasteiger partial charge in [0.15, 0.2) is 0 Å². The predicted molar refractivity (Wildman–Crippen MR) is 77.4 cm³/mol. The van der Waals surface area contributed by atoms with E-state index in [0.29, 0.717) is 12.6 Å². The SMILES string of the molecule is CCOc1c(Br)cc(CNC2CC2C)cc1Br. The molecule has 1 aliphatic carbocycles. The summed E-state index contributed by atoms with van der Waals surface area (Å²) in [7, 11) is 0. The van der Waals surface area contributed by atoms with E-state index >= 15 is 0 Å². The van der Waals surface area contributed by atoms with Crippen LogP contribution in [0.1, 0.15) is 25.8 Å². The van der Waals surface area contributed by atoms with Gasteiger partial charge in [0.25, 0.3) is 0 Å². The second kappa shape index (κ2) is 5.72. The maximum absolute atomic E-state index is 5.56. The molecule has 0 aromatic heterocycles. The zero-order valence-corrected chi connectivity index (χ0v) is 13.3. The highest BCUT2D eigenvalue weighted by Gasteiger charge is 2.31. The molecule has 17 heavy (non-hydrogen) atoms. The summed E-state index contributed by atoms with van der Waals surface area (Å²) < 4.78 is 7.58. The third kappa shape index (κ3) is 3.46. The number of hydrogen-bond acceptors (Lipinski definition) is 2. The molecule has 4 heteroatoms. The molecule has 1 N–H and O–H groups in total. The van der Waals surface area contributed by atoms with Crippen molar-refractivity contribution in [2.45, 2.75) is 32.9 Å². The predicted octanol–water partition coefficient (Wildman–Crippen LogP) is 4.11. The van der Waals surface area contributed by atoms with E-state index in [4.69, 9.17) is 4.74 Å². The van der Waals surface area contributed by atoms with Gasteiger partial charge in [-0.3, -0.25) is 0 Å². The Balaban J connectivity index is 2.03. The molecule has 1 fully saturated rings. The summed E-state index contributed by atoms with van der Waals surface area (Å²) in [4.78, 5) is 0. The normalized spacial score (nSPS) is 22.6. The Bertz CT molecular complexity index is 385. The molecule has 0 heterocycles. The van der Waals surface area contributed by atoms with Gasteiger partial charge in [-0.25, -0.2) is 0 Å². The molecule has 1 aromatic carbocycles. The molecular formula is C13H17Br2NO. The van der Waals surface area contributed by atoms with E-state index < -0.39 is 0 Å². The highest BCUT2D eigenvalue weighted by molar-refractivity contribution is 9.11. The lowest BCUT2D eigenvalue weighted by atomic mass is 10.2. The minimum absolute atomic E-state index is 0.675. The Hall–Kier alpha value is -0.0600. The molecule has 0 bridgehead atoms. The second-order valence-corrected chi connectivity index (χ2v) is 6.23. The van der Waals surface area contributed by atoms with E-state index in [1.165, 1.54) is 12.0 Å². The fourth-order valence-electron chi connectivity index (χ4n) is 1.85. The Labute approximate surface area is 119 Å². The first kappa shape index (κ1) is 13.4. The van der Waals surface area contributed by atoms with Crippen LogP contribution in [0.3, 0.4) is 0 Å². The van der Waals surface area contributed by atoms with E-state index in [1.54, 1.807) is 0 Å². The van der Waals surface area contributed by atoms with Crippen LogP contribution in [0, 0.1) is 5.92 Å². The lowest BCUT2D eigenvalue weighted by Crippen LogP contribution is -2.17. The van der Waals surface area contributed by atoms with Crippen molar-refractivity contribution in [3.05, 3.63) is 26.6 Å². The van der Waals surface area contributed by atoms with Gasteiger partial charge < -0.3 is 10.1 Å². The van der Waals surface area contributed by atoms with Crippen molar-refractivity contribution in [3.63, 3.8) is 0 Å². The third-order valence-corrected chi connectivity index (χ3v) is 4.20. The first-order valence-electron chi connectivity index (χ1n) is 5.96. The van der Waals surface area contributed by atoms with Gasteiger partial charge in [-0.2, -0.15) is 0 Å². The van der Waals surface area contributed by atoms with Crippen molar-refractivity contribution >= 4 is 31.9 Å². The van der Waals surface area contributed by atoms with Crippen LogP contribution in [0.2, 0.25) is 0 Å². The average molecular weight is 363 g/mol. The fourth-order valence-corrected chi connectivity index (χ4v) is 3.36. The molecule has 0 radical (unpaired) electrons. The van der Waals surface area contributed by atoms with Gasteiger partial charge in [0.05, 0.1) is 15.6 Å². The van der Waals surface area contributed by atoms with Crippen molar-refractivity contribution in [1.82, 2.24) is 5.32 Å². The minimum Gasteiger partial charge on any atom is -0.492 e. The highest BCUT2D eigenvalue weighted by atomic mass is 79.9. The zero-order chi connectivity index (χ0) is 12.4. The molecular weight excluding hydrogens is 346 g/mol. The number of halogens is 2. The Morgan fingerprint density at radius 1 is 1.35 bits per heavy atom. The third-order valence-electron chi connectivity index (χ3n) is 3.02. The first-order valence-corrected chi connectivity index (χ1v) is 7.54. The van der Waals surface area contributed by atoms with Crippen molar-refractivity contribution in [2.24, 2.45) is 5.92 Å². The molecule has 1 saturated carbocycles. The summed E-state index contributed by atoms with van der Waals surface area (Å²) in [5.41, 5.74) is 1.27. The van der Waals surface area contributed by atoms with E-state index in [2.05, 4.69) is 56.2 Å². The molecule has 0 aliphatic heterocycles. The van der Waals surface area contributed by atoms with Crippen molar-refractivity contribution in [2.75, 3.05) is 6.61 Å². The quantitative estimate of drug-likeness (QED) is 0.851. The van der Waals surface area contributed by atoms with Gasteiger partial charge in [-0.05, 0) is 68.8 Å². The summed E-state index contributed by atoms with van der Waals surface area (Å²) in [6.45, 7) is 5.86. The Kier molecular flexibility index (Phi) is 4.50. The fraction of sp³-hybridized carbons (Fsp3) is 0.538. The van der Waals surface area contributed by atoms with Gasteiger partial charge in [0, 0.05) is 12.6 Å². The maximum Gasteiger partial charge on any atom is 0.147 e. The summed E-state index contributed by atoms with van der Waals surface area (Å²) in [6, 6.07) is 4.95. The summed E-state index contributed by atoms with van der Waals surface area (Å²) in [5.74, 6) is 1.72. The number of ether oxygens (including phenoxy) is 1. The summed E-state index contributed by atoms with van der Waals surface area (Å²) in [6.07, 6.45) is 1.30. The number of rotatable bonds is 5. The van der Waals surface area contributed by atoms with Crippen LogP contribution in [-0.2, 0) is 6.54 Å². The topological polar surface area (TPSA) is 21.3 Å². The van der Waals surface area contributed by atoms with Crippen LogP contribution >= 0.6 is 31.9 Å². The van der Waals surface area contributed by atoms with Gasteiger partial charge in [0.1, 0.15) is 5.75 Å².